The average molecular weight is 396 g/mol. The first-order valence-corrected chi connectivity index (χ1v) is 9.92. The molecule has 9 heteroatoms. The van der Waals surface area contributed by atoms with E-state index in [2.05, 4.69) is 31.8 Å². The molecule has 2 aromatic rings. The molecule has 0 aromatic carbocycles. The van der Waals surface area contributed by atoms with Crippen molar-refractivity contribution in [3.63, 3.8) is 0 Å². The van der Waals surface area contributed by atoms with E-state index in [0.29, 0.717) is 35.4 Å². The summed E-state index contributed by atoms with van der Waals surface area (Å²) in [5.41, 5.74) is 0.493. The van der Waals surface area contributed by atoms with Crippen LogP contribution >= 0.6 is 0 Å². The van der Waals surface area contributed by atoms with Crippen molar-refractivity contribution in [3.05, 3.63) is 35.6 Å². The maximum atomic E-state index is 12.6. The number of ether oxygens (including phenoxy) is 1. The lowest BCUT2D eigenvalue weighted by molar-refractivity contribution is -0.127. The van der Waals surface area contributed by atoms with Crippen molar-refractivity contribution in [1.82, 2.24) is 20.4 Å². The molecular formula is C20H24N6O3. The molecule has 2 saturated carbocycles. The third-order valence-corrected chi connectivity index (χ3v) is 5.55. The number of nitriles is 1. The minimum atomic E-state index is -0.153. The van der Waals surface area contributed by atoms with Gasteiger partial charge in [-0.15, -0.1) is 0 Å². The van der Waals surface area contributed by atoms with Crippen LogP contribution in [0.1, 0.15) is 55.3 Å². The Labute approximate surface area is 168 Å². The van der Waals surface area contributed by atoms with E-state index < -0.39 is 0 Å². The number of anilines is 1. The fourth-order valence-electron chi connectivity index (χ4n) is 3.72. The summed E-state index contributed by atoms with van der Waals surface area (Å²) >= 11 is 0. The van der Waals surface area contributed by atoms with Crippen molar-refractivity contribution in [2.45, 2.75) is 56.7 Å². The number of nitrogens with one attached hydrogen (secondary N) is 2. The van der Waals surface area contributed by atoms with Crippen LogP contribution in [0.15, 0.2) is 22.9 Å². The van der Waals surface area contributed by atoms with Crippen molar-refractivity contribution in [3.8, 4) is 6.07 Å². The number of methoxy groups -OCH3 is 1. The summed E-state index contributed by atoms with van der Waals surface area (Å²) in [6, 6.07) is 5.59. The van der Waals surface area contributed by atoms with Gasteiger partial charge in [-0.3, -0.25) is 4.79 Å². The van der Waals surface area contributed by atoms with Crippen LogP contribution in [-0.4, -0.2) is 40.3 Å². The molecule has 0 aliphatic heterocycles. The molecule has 2 aromatic heterocycles. The summed E-state index contributed by atoms with van der Waals surface area (Å²) in [5, 5.41) is 19.4. The number of aromatic nitrogens is 3. The summed E-state index contributed by atoms with van der Waals surface area (Å²) in [7, 11) is 1.64. The van der Waals surface area contributed by atoms with Crippen LogP contribution in [0.4, 0.5) is 5.82 Å². The molecule has 4 rings (SSSR count). The minimum absolute atomic E-state index is 0.00985. The number of hydrogen-bond acceptors (Lipinski definition) is 8. The normalized spacial score (nSPS) is 23.9. The fourth-order valence-corrected chi connectivity index (χ4v) is 3.72. The standard InChI is InChI=1S/C20H24N6O3/c1-28-16-9-13(6-7-15(16)24-18-14(10-21)3-2-8-22-18)19(27)23-11-17-25-20(29-26-17)12-4-5-12/h2-3,8,12-13,15-16H,4-7,9,11H2,1H3,(H,22,24)(H,23,27)/t13-,15+,16+/m0/s1. The van der Waals surface area contributed by atoms with E-state index in [4.69, 9.17) is 9.26 Å². The van der Waals surface area contributed by atoms with Gasteiger partial charge in [0, 0.05) is 25.1 Å². The predicted molar refractivity (Wildman–Crippen MR) is 103 cm³/mol. The van der Waals surface area contributed by atoms with Crippen LogP contribution in [-0.2, 0) is 16.1 Å². The molecule has 0 radical (unpaired) electrons. The van der Waals surface area contributed by atoms with Gasteiger partial charge in [0.2, 0.25) is 11.8 Å². The van der Waals surface area contributed by atoms with Gasteiger partial charge in [-0.25, -0.2) is 4.98 Å². The summed E-state index contributed by atoms with van der Waals surface area (Å²) in [6.07, 6.45) is 5.74. The molecular weight excluding hydrogens is 372 g/mol. The Morgan fingerprint density at radius 1 is 1.38 bits per heavy atom. The van der Waals surface area contributed by atoms with Crippen molar-refractivity contribution in [2.24, 2.45) is 5.92 Å². The molecule has 2 aliphatic rings. The number of carbonyl (C=O) groups excluding carboxylic acids is 1. The van der Waals surface area contributed by atoms with Crippen LogP contribution < -0.4 is 10.6 Å². The van der Waals surface area contributed by atoms with Crippen molar-refractivity contribution >= 4 is 11.7 Å². The van der Waals surface area contributed by atoms with Gasteiger partial charge in [0.05, 0.1) is 24.3 Å². The maximum Gasteiger partial charge on any atom is 0.229 e. The number of nitrogens with zero attached hydrogens (tertiary/aromatic N) is 4. The predicted octanol–water partition coefficient (Wildman–Crippen LogP) is 2.13. The monoisotopic (exact) mass is 396 g/mol. The number of rotatable bonds is 7. The Bertz CT molecular complexity index is 904. The third-order valence-electron chi connectivity index (χ3n) is 5.55. The molecule has 2 heterocycles. The summed E-state index contributed by atoms with van der Waals surface area (Å²) in [4.78, 5) is 21.2. The Hall–Kier alpha value is -2.99. The lowest BCUT2D eigenvalue weighted by Crippen LogP contribution is -2.44. The minimum Gasteiger partial charge on any atom is -0.379 e. The zero-order valence-electron chi connectivity index (χ0n) is 16.3. The van der Waals surface area contributed by atoms with E-state index in [1.54, 1.807) is 25.4 Å². The van der Waals surface area contributed by atoms with Gasteiger partial charge in [0.15, 0.2) is 5.82 Å². The summed E-state index contributed by atoms with van der Waals surface area (Å²) in [5.74, 6) is 1.96. The van der Waals surface area contributed by atoms with Gasteiger partial charge < -0.3 is 19.9 Å². The Balaban J connectivity index is 1.31. The van der Waals surface area contributed by atoms with Crippen molar-refractivity contribution < 1.29 is 14.1 Å². The number of pyridine rings is 1. The highest BCUT2D eigenvalue weighted by Gasteiger charge is 2.35. The molecule has 2 fully saturated rings. The Morgan fingerprint density at radius 3 is 3.00 bits per heavy atom. The first-order chi connectivity index (χ1) is 14.2. The Morgan fingerprint density at radius 2 is 2.24 bits per heavy atom. The number of hydrogen-bond donors (Lipinski definition) is 2. The SMILES string of the molecule is CO[C@@H]1C[C@@H](C(=O)NCc2noc(C3CC3)n2)CC[C@H]1Nc1ncccc1C#N. The molecule has 29 heavy (non-hydrogen) atoms. The highest BCUT2D eigenvalue weighted by molar-refractivity contribution is 5.78. The zero-order chi connectivity index (χ0) is 20.2. The summed E-state index contributed by atoms with van der Waals surface area (Å²) < 4.78 is 10.9. The van der Waals surface area contributed by atoms with Crippen LogP contribution in [0.3, 0.4) is 0 Å². The van der Waals surface area contributed by atoms with E-state index in [1.165, 1.54) is 0 Å². The zero-order valence-corrected chi connectivity index (χ0v) is 16.3. The first-order valence-electron chi connectivity index (χ1n) is 9.92. The van der Waals surface area contributed by atoms with Crippen LogP contribution in [0, 0.1) is 17.2 Å². The quantitative estimate of drug-likeness (QED) is 0.729. The second-order valence-corrected chi connectivity index (χ2v) is 7.59. The lowest BCUT2D eigenvalue weighted by atomic mass is 9.83. The second kappa shape index (κ2) is 8.57. The van der Waals surface area contributed by atoms with E-state index in [9.17, 15) is 10.1 Å². The largest absolute Gasteiger partial charge is 0.379 e. The molecule has 2 aliphatic carbocycles. The second-order valence-electron chi connectivity index (χ2n) is 7.59. The summed E-state index contributed by atoms with van der Waals surface area (Å²) in [6.45, 7) is 0.268. The Kier molecular flexibility index (Phi) is 5.71. The third kappa shape index (κ3) is 4.54. The molecule has 3 atom stereocenters. The van der Waals surface area contributed by atoms with Gasteiger partial charge in [0.1, 0.15) is 11.9 Å². The molecule has 9 nitrogen and oxygen atoms in total. The van der Waals surface area contributed by atoms with Crippen LogP contribution in [0.25, 0.3) is 0 Å². The molecule has 0 spiro atoms. The van der Waals surface area contributed by atoms with Crippen LogP contribution in [0.2, 0.25) is 0 Å². The molecule has 1 amide bonds. The van der Waals surface area contributed by atoms with Crippen LogP contribution in [0.5, 0.6) is 0 Å². The van der Waals surface area contributed by atoms with E-state index in [-0.39, 0.29) is 30.5 Å². The van der Waals surface area contributed by atoms with Gasteiger partial charge in [-0.1, -0.05) is 5.16 Å². The van der Waals surface area contributed by atoms with Gasteiger partial charge >= 0.3 is 0 Å². The number of carbonyl (C=O) groups is 1. The van der Waals surface area contributed by atoms with Crippen molar-refractivity contribution in [1.29, 1.82) is 5.26 Å². The smallest absolute Gasteiger partial charge is 0.229 e. The van der Waals surface area contributed by atoms with Gasteiger partial charge in [0.25, 0.3) is 0 Å². The van der Waals surface area contributed by atoms with Crippen molar-refractivity contribution in [2.75, 3.05) is 12.4 Å². The molecule has 2 N–H and O–H groups in total. The average Bonchev–Trinajstić information content (AvgIpc) is 3.50. The van der Waals surface area contributed by atoms with Gasteiger partial charge in [-0.05, 0) is 44.2 Å². The molecule has 152 valence electrons. The lowest BCUT2D eigenvalue weighted by Gasteiger charge is -2.35. The molecule has 0 bridgehead atoms. The van der Waals surface area contributed by atoms with E-state index >= 15 is 0 Å². The molecule has 0 saturated heterocycles. The van der Waals surface area contributed by atoms with E-state index in [1.807, 2.05) is 0 Å². The topological polar surface area (TPSA) is 126 Å². The highest BCUT2D eigenvalue weighted by Crippen LogP contribution is 2.38. The maximum absolute atomic E-state index is 12.6. The molecule has 0 unspecified atom stereocenters. The van der Waals surface area contributed by atoms with E-state index in [0.717, 1.165) is 25.7 Å². The first kappa shape index (κ1) is 19.3. The van der Waals surface area contributed by atoms with Gasteiger partial charge in [-0.2, -0.15) is 10.2 Å². The fraction of sp³-hybridized carbons (Fsp3) is 0.550. The number of amides is 1. The highest BCUT2D eigenvalue weighted by atomic mass is 16.5.